The molecule has 7 heteroatoms. The molecule has 1 aromatic carbocycles. The second-order valence-corrected chi connectivity index (χ2v) is 7.23. The largest absolute Gasteiger partial charge is 0.350 e. The Morgan fingerprint density at radius 2 is 2.24 bits per heavy atom. The smallest absolute Gasteiger partial charge is 0.243 e. The highest BCUT2D eigenvalue weighted by Crippen LogP contribution is 2.39. The minimum Gasteiger partial charge on any atom is -0.350 e. The first kappa shape index (κ1) is 16.0. The number of halogens is 1. The number of thiophene rings is 1. The maximum atomic E-state index is 13.2. The van der Waals surface area contributed by atoms with Crippen molar-refractivity contribution in [2.24, 2.45) is 0 Å². The average molecular weight is 356 g/mol. The van der Waals surface area contributed by atoms with Gasteiger partial charge in [-0.15, -0.1) is 11.3 Å². The number of aromatic nitrogens is 2. The lowest BCUT2D eigenvalue weighted by molar-refractivity contribution is -0.114. The molecule has 128 valence electrons. The van der Waals surface area contributed by atoms with Gasteiger partial charge in [0.05, 0.1) is 11.9 Å². The molecule has 0 saturated heterocycles. The van der Waals surface area contributed by atoms with Crippen LogP contribution in [0.4, 0.5) is 15.9 Å². The predicted molar refractivity (Wildman–Crippen MR) is 97.7 cm³/mol. The van der Waals surface area contributed by atoms with Gasteiger partial charge in [-0.1, -0.05) is 6.07 Å². The highest BCUT2D eigenvalue weighted by molar-refractivity contribution is 7.19. The zero-order valence-electron chi connectivity index (χ0n) is 13.8. The molecular weight excluding hydrogens is 339 g/mol. The predicted octanol–water partition coefficient (Wildman–Crippen LogP) is 3.39. The average Bonchev–Trinajstić information content (AvgIpc) is 3.14. The van der Waals surface area contributed by atoms with Crippen LogP contribution in [0.1, 0.15) is 16.9 Å². The van der Waals surface area contributed by atoms with Crippen LogP contribution in [0.15, 0.2) is 30.6 Å². The highest BCUT2D eigenvalue weighted by Gasteiger charge is 2.23. The Balaban J connectivity index is 1.56. The number of nitrogens with zero attached hydrogens (tertiary/aromatic N) is 3. The minimum absolute atomic E-state index is 0.132. The molecule has 5 nitrogen and oxygen atoms in total. The summed E-state index contributed by atoms with van der Waals surface area (Å²) in [7, 11) is 1.84. The minimum atomic E-state index is -0.377. The number of carbonyl (C=O) groups excluding carboxylic acids is 1. The summed E-state index contributed by atoms with van der Waals surface area (Å²) in [6.45, 7) is 0.132. The number of amides is 1. The Hall–Kier alpha value is -2.54. The first-order chi connectivity index (χ1) is 12.1. The number of aryl methyl sites for hydroxylation is 2. The number of rotatable bonds is 4. The van der Waals surface area contributed by atoms with E-state index < -0.39 is 0 Å². The van der Waals surface area contributed by atoms with Crippen molar-refractivity contribution in [3.8, 4) is 0 Å². The van der Waals surface area contributed by atoms with E-state index in [-0.39, 0.29) is 18.3 Å². The van der Waals surface area contributed by atoms with E-state index >= 15 is 0 Å². The Labute approximate surface area is 148 Å². The lowest BCUT2D eigenvalue weighted by atomic mass is 10.2. The van der Waals surface area contributed by atoms with Gasteiger partial charge in [0, 0.05) is 17.6 Å². The van der Waals surface area contributed by atoms with Crippen LogP contribution in [0.25, 0.3) is 10.2 Å². The Bertz CT molecular complexity index is 955. The summed E-state index contributed by atoms with van der Waals surface area (Å²) in [5, 5.41) is 3.79. The normalized spacial score (nSPS) is 13.0. The van der Waals surface area contributed by atoms with Crippen molar-refractivity contribution in [3.63, 3.8) is 0 Å². The number of likely N-dealkylation sites (N-methyl/N-ethyl adjacent to an activating group) is 1. The molecule has 2 heterocycles. The van der Waals surface area contributed by atoms with E-state index in [9.17, 15) is 9.18 Å². The Morgan fingerprint density at radius 3 is 3.08 bits per heavy atom. The fourth-order valence-electron chi connectivity index (χ4n) is 3.26. The molecule has 1 N–H and O–H groups in total. The molecule has 0 radical (unpaired) electrons. The number of hydrogen-bond donors (Lipinski definition) is 1. The van der Waals surface area contributed by atoms with Gasteiger partial charge in [-0.3, -0.25) is 4.79 Å². The zero-order chi connectivity index (χ0) is 17.4. The third-order valence-corrected chi connectivity index (χ3v) is 5.53. The van der Waals surface area contributed by atoms with Gasteiger partial charge in [0.25, 0.3) is 0 Å². The van der Waals surface area contributed by atoms with Crippen LogP contribution in [0, 0.1) is 5.82 Å². The van der Waals surface area contributed by atoms with E-state index in [0.29, 0.717) is 5.69 Å². The molecule has 0 unspecified atom stereocenters. The van der Waals surface area contributed by atoms with E-state index in [1.165, 1.54) is 22.6 Å². The number of benzene rings is 1. The second kappa shape index (κ2) is 6.40. The fraction of sp³-hybridized carbons (Fsp3) is 0.278. The summed E-state index contributed by atoms with van der Waals surface area (Å²) in [4.78, 5) is 25.3. The van der Waals surface area contributed by atoms with E-state index in [1.807, 2.05) is 11.9 Å². The number of hydrogen-bond acceptors (Lipinski definition) is 5. The summed E-state index contributed by atoms with van der Waals surface area (Å²) >= 11 is 1.72. The monoisotopic (exact) mass is 356 g/mol. The third kappa shape index (κ3) is 3.07. The van der Waals surface area contributed by atoms with Crippen molar-refractivity contribution in [3.05, 3.63) is 46.9 Å². The van der Waals surface area contributed by atoms with Crippen LogP contribution < -0.4 is 10.2 Å². The highest BCUT2D eigenvalue weighted by atomic mass is 32.1. The van der Waals surface area contributed by atoms with E-state index in [0.717, 1.165) is 35.3 Å². The van der Waals surface area contributed by atoms with Crippen LogP contribution in [-0.4, -0.2) is 29.5 Å². The molecule has 2 aromatic heterocycles. The number of carbonyl (C=O) groups is 1. The molecule has 1 aliphatic rings. The Morgan fingerprint density at radius 1 is 1.36 bits per heavy atom. The SMILES string of the molecule is CN(CC(=O)Nc1cccc(F)c1)c1ncnc2sc3c(c12)CCC3. The maximum absolute atomic E-state index is 13.2. The van der Waals surface area contributed by atoms with Gasteiger partial charge in [0.1, 0.15) is 22.8 Å². The molecule has 1 amide bonds. The van der Waals surface area contributed by atoms with Crippen LogP contribution in [-0.2, 0) is 17.6 Å². The van der Waals surface area contributed by atoms with Crippen molar-refractivity contribution in [2.45, 2.75) is 19.3 Å². The molecule has 0 spiro atoms. The summed E-state index contributed by atoms with van der Waals surface area (Å²) in [6, 6.07) is 5.87. The molecule has 0 fully saturated rings. The van der Waals surface area contributed by atoms with Gasteiger partial charge < -0.3 is 10.2 Å². The van der Waals surface area contributed by atoms with Gasteiger partial charge in [-0.05, 0) is 43.0 Å². The number of anilines is 2. The van der Waals surface area contributed by atoms with Crippen molar-refractivity contribution in [2.75, 3.05) is 23.8 Å². The Kier molecular flexibility index (Phi) is 4.09. The van der Waals surface area contributed by atoms with Crippen LogP contribution in [0.2, 0.25) is 0 Å². The standard InChI is InChI=1S/C18H17FN4OS/c1-23(9-15(24)22-12-5-2-4-11(19)8-12)17-16-13-6-3-7-14(13)25-18(16)21-10-20-17/h2,4-5,8,10H,3,6-7,9H2,1H3,(H,22,24). The van der Waals surface area contributed by atoms with Gasteiger partial charge in [0.2, 0.25) is 5.91 Å². The summed E-state index contributed by atoms with van der Waals surface area (Å²) < 4.78 is 13.2. The number of nitrogens with one attached hydrogen (secondary N) is 1. The van der Waals surface area contributed by atoms with Crippen molar-refractivity contribution < 1.29 is 9.18 Å². The summed E-state index contributed by atoms with van der Waals surface area (Å²) in [5.74, 6) is 0.183. The molecule has 25 heavy (non-hydrogen) atoms. The van der Waals surface area contributed by atoms with E-state index in [4.69, 9.17) is 0 Å². The first-order valence-corrected chi connectivity index (χ1v) is 8.95. The fourth-order valence-corrected chi connectivity index (χ4v) is 4.48. The van der Waals surface area contributed by atoms with Crippen LogP contribution in [0.5, 0.6) is 0 Å². The van der Waals surface area contributed by atoms with Crippen molar-refractivity contribution in [1.82, 2.24) is 9.97 Å². The molecule has 3 aromatic rings. The molecule has 0 aliphatic heterocycles. The van der Waals surface area contributed by atoms with Crippen LogP contribution in [0.3, 0.4) is 0 Å². The molecule has 0 bridgehead atoms. The first-order valence-electron chi connectivity index (χ1n) is 8.13. The van der Waals surface area contributed by atoms with E-state index in [2.05, 4.69) is 15.3 Å². The topological polar surface area (TPSA) is 58.1 Å². The summed E-state index contributed by atoms with van der Waals surface area (Å²) in [5.41, 5.74) is 1.77. The summed E-state index contributed by atoms with van der Waals surface area (Å²) in [6.07, 6.45) is 4.85. The zero-order valence-corrected chi connectivity index (χ0v) is 14.6. The quantitative estimate of drug-likeness (QED) is 0.778. The van der Waals surface area contributed by atoms with Crippen molar-refractivity contribution in [1.29, 1.82) is 0 Å². The second-order valence-electron chi connectivity index (χ2n) is 6.15. The van der Waals surface area contributed by atoms with Crippen LogP contribution >= 0.6 is 11.3 Å². The lowest BCUT2D eigenvalue weighted by Gasteiger charge is -2.19. The molecular formula is C18H17FN4OS. The third-order valence-electron chi connectivity index (χ3n) is 4.33. The van der Waals surface area contributed by atoms with Crippen molar-refractivity contribution >= 4 is 39.0 Å². The number of fused-ring (bicyclic) bond motifs is 3. The molecule has 0 atom stereocenters. The maximum Gasteiger partial charge on any atom is 0.243 e. The van der Waals surface area contributed by atoms with Gasteiger partial charge in [-0.2, -0.15) is 0 Å². The lowest BCUT2D eigenvalue weighted by Crippen LogP contribution is -2.30. The molecule has 1 aliphatic carbocycles. The van der Waals surface area contributed by atoms with Gasteiger partial charge in [0.15, 0.2) is 0 Å². The van der Waals surface area contributed by atoms with E-state index in [1.54, 1.807) is 29.8 Å². The molecule has 0 saturated carbocycles. The van der Waals surface area contributed by atoms with Gasteiger partial charge in [-0.25, -0.2) is 14.4 Å². The molecule has 4 rings (SSSR count). The van der Waals surface area contributed by atoms with Gasteiger partial charge >= 0.3 is 0 Å².